The van der Waals surface area contributed by atoms with Gasteiger partial charge in [0.15, 0.2) is 0 Å². The van der Waals surface area contributed by atoms with Gasteiger partial charge in [-0.1, -0.05) is 12.1 Å². The van der Waals surface area contributed by atoms with Gasteiger partial charge in [0, 0.05) is 18.1 Å². The van der Waals surface area contributed by atoms with Gasteiger partial charge >= 0.3 is 0 Å². The van der Waals surface area contributed by atoms with Crippen molar-refractivity contribution in [3.8, 4) is 0 Å². The molecular weight excluding hydrogens is 239 g/mol. The fraction of sp³-hybridized carbons (Fsp3) is 0.625. The summed E-state index contributed by atoms with van der Waals surface area (Å²) in [7, 11) is 0. The minimum atomic E-state index is -0.116. The number of nitrogens with one attached hydrogen (secondary N) is 1. The van der Waals surface area contributed by atoms with E-state index in [0.29, 0.717) is 24.0 Å². The van der Waals surface area contributed by atoms with Crippen molar-refractivity contribution in [3.05, 3.63) is 35.6 Å². The zero-order valence-electron chi connectivity index (χ0n) is 11.3. The maximum Gasteiger partial charge on any atom is 0.123 e. The Labute approximate surface area is 114 Å². The van der Waals surface area contributed by atoms with Crippen molar-refractivity contribution in [2.45, 2.75) is 62.6 Å². The molecule has 0 aromatic heterocycles. The molecule has 2 fully saturated rings. The molecule has 3 rings (SSSR count). The summed E-state index contributed by atoms with van der Waals surface area (Å²) in [6.45, 7) is 0. The van der Waals surface area contributed by atoms with Crippen LogP contribution in [0.15, 0.2) is 24.3 Å². The van der Waals surface area contributed by atoms with Crippen LogP contribution in [0, 0.1) is 5.82 Å². The summed E-state index contributed by atoms with van der Waals surface area (Å²) >= 11 is 0. The molecule has 0 unspecified atom stereocenters. The predicted molar refractivity (Wildman–Crippen MR) is 75.5 cm³/mol. The van der Waals surface area contributed by atoms with Crippen molar-refractivity contribution in [3.63, 3.8) is 0 Å². The van der Waals surface area contributed by atoms with E-state index in [2.05, 4.69) is 5.32 Å². The number of benzene rings is 1. The van der Waals surface area contributed by atoms with Crippen LogP contribution in [0.2, 0.25) is 0 Å². The van der Waals surface area contributed by atoms with Crippen LogP contribution in [0.25, 0.3) is 0 Å². The largest absolute Gasteiger partial charge is 0.328 e. The zero-order valence-corrected chi connectivity index (χ0v) is 11.3. The Morgan fingerprint density at radius 2 is 1.79 bits per heavy atom. The van der Waals surface area contributed by atoms with Gasteiger partial charge in [0.25, 0.3) is 0 Å². The number of hydrogen-bond acceptors (Lipinski definition) is 2. The molecule has 2 saturated carbocycles. The summed E-state index contributed by atoms with van der Waals surface area (Å²) in [6, 6.07) is 8.74. The average molecular weight is 262 g/mol. The molecule has 0 amide bonds. The minimum absolute atomic E-state index is 0.116. The van der Waals surface area contributed by atoms with Crippen molar-refractivity contribution in [1.29, 1.82) is 0 Å². The van der Waals surface area contributed by atoms with E-state index in [1.54, 1.807) is 6.07 Å². The monoisotopic (exact) mass is 262 g/mol. The molecule has 1 aromatic carbocycles. The molecule has 2 aliphatic carbocycles. The zero-order chi connectivity index (χ0) is 13.2. The number of nitrogens with two attached hydrogens (primary N) is 1. The Morgan fingerprint density at radius 1 is 1.05 bits per heavy atom. The van der Waals surface area contributed by atoms with E-state index in [4.69, 9.17) is 5.73 Å². The highest BCUT2D eigenvalue weighted by molar-refractivity contribution is 5.23. The summed E-state index contributed by atoms with van der Waals surface area (Å²) in [6.07, 6.45) is 7.01. The van der Waals surface area contributed by atoms with Crippen molar-refractivity contribution in [1.82, 2.24) is 5.32 Å². The summed E-state index contributed by atoms with van der Waals surface area (Å²) < 4.78 is 13.2. The lowest BCUT2D eigenvalue weighted by molar-refractivity contribution is 0.231. The second-order valence-electron chi connectivity index (χ2n) is 6.20. The molecule has 0 saturated heterocycles. The number of hydrogen-bond donors (Lipinski definition) is 2. The molecule has 0 heterocycles. The molecule has 104 valence electrons. The Hall–Kier alpha value is -0.930. The van der Waals surface area contributed by atoms with E-state index in [-0.39, 0.29) is 5.82 Å². The molecule has 0 radical (unpaired) electrons. The summed E-state index contributed by atoms with van der Waals surface area (Å²) in [5.74, 6) is 0.425. The first-order valence-corrected chi connectivity index (χ1v) is 7.48. The van der Waals surface area contributed by atoms with Gasteiger partial charge in [-0.25, -0.2) is 4.39 Å². The highest BCUT2D eigenvalue weighted by Crippen LogP contribution is 2.37. The van der Waals surface area contributed by atoms with E-state index in [9.17, 15) is 4.39 Å². The second kappa shape index (κ2) is 5.59. The quantitative estimate of drug-likeness (QED) is 0.879. The number of rotatable bonds is 3. The molecule has 0 atom stereocenters. The molecule has 0 bridgehead atoms. The van der Waals surface area contributed by atoms with Gasteiger partial charge in [-0.15, -0.1) is 0 Å². The van der Waals surface area contributed by atoms with Crippen molar-refractivity contribution in [2.75, 3.05) is 0 Å². The van der Waals surface area contributed by atoms with E-state index in [1.165, 1.54) is 18.9 Å². The van der Waals surface area contributed by atoms with E-state index in [1.807, 2.05) is 12.1 Å². The summed E-state index contributed by atoms with van der Waals surface area (Å²) in [5, 5.41) is 3.74. The molecule has 2 aliphatic rings. The second-order valence-corrected chi connectivity index (χ2v) is 6.20. The van der Waals surface area contributed by atoms with Crippen molar-refractivity contribution < 1.29 is 4.39 Å². The maximum atomic E-state index is 13.2. The van der Waals surface area contributed by atoms with Gasteiger partial charge in [0.1, 0.15) is 5.82 Å². The normalized spacial score (nSPS) is 34.8. The molecule has 3 N–H and O–H groups in total. The van der Waals surface area contributed by atoms with Gasteiger partial charge in [-0.3, -0.25) is 0 Å². The highest BCUT2D eigenvalue weighted by Gasteiger charge is 2.32. The lowest BCUT2D eigenvalue weighted by atomic mass is 9.75. The highest BCUT2D eigenvalue weighted by atomic mass is 19.1. The van der Waals surface area contributed by atoms with Crippen LogP contribution in [-0.4, -0.2) is 18.1 Å². The molecule has 0 spiro atoms. The van der Waals surface area contributed by atoms with Gasteiger partial charge in [-0.2, -0.15) is 0 Å². The molecule has 19 heavy (non-hydrogen) atoms. The first kappa shape index (κ1) is 13.1. The third-order valence-electron chi connectivity index (χ3n) is 4.70. The smallest absolute Gasteiger partial charge is 0.123 e. The van der Waals surface area contributed by atoms with E-state index < -0.39 is 0 Å². The molecule has 0 aliphatic heterocycles. The average Bonchev–Trinajstić information content (AvgIpc) is 2.35. The summed E-state index contributed by atoms with van der Waals surface area (Å²) in [5.41, 5.74) is 7.08. The van der Waals surface area contributed by atoms with Crippen LogP contribution in [-0.2, 0) is 0 Å². The van der Waals surface area contributed by atoms with Crippen LogP contribution in [0.5, 0.6) is 0 Å². The SMILES string of the molecule is NC1CCC(NC2CC(c3cccc(F)c3)C2)CC1. The minimum Gasteiger partial charge on any atom is -0.328 e. The van der Waals surface area contributed by atoms with Crippen LogP contribution in [0.1, 0.15) is 50.0 Å². The van der Waals surface area contributed by atoms with Crippen LogP contribution < -0.4 is 11.1 Å². The molecule has 2 nitrogen and oxygen atoms in total. The lowest BCUT2D eigenvalue weighted by Crippen LogP contribution is -2.47. The lowest BCUT2D eigenvalue weighted by Gasteiger charge is -2.40. The predicted octanol–water partition coefficient (Wildman–Crippen LogP) is 2.93. The Bertz CT molecular complexity index is 421. The van der Waals surface area contributed by atoms with Gasteiger partial charge in [-0.05, 0) is 62.1 Å². The molecule has 3 heteroatoms. The Balaban J connectivity index is 1.45. The van der Waals surface area contributed by atoms with Gasteiger partial charge in [0.2, 0.25) is 0 Å². The van der Waals surface area contributed by atoms with Gasteiger partial charge < -0.3 is 11.1 Å². The van der Waals surface area contributed by atoms with E-state index in [0.717, 1.165) is 31.2 Å². The van der Waals surface area contributed by atoms with Gasteiger partial charge in [0.05, 0.1) is 0 Å². The van der Waals surface area contributed by atoms with Crippen molar-refractivity contribution in [2.24, 2.45) is 5.73 Å². The molecule has 1 aromatic rings. The fourth-order valence-electron chi connectivity index (χ4n) is 3.41. The first-order valence-electron chi connectivity index (χ1n) is 7.48. The molecular formula is C16H23FN2. The third kappa shape index (κ3) is 3.15. The van der Waals surface area contributed by atoms with Crippen LogP contribution in [0.4, 0.5) is 4.39 Å². The number of halogens is 1. The van der Waals surface area contributed by atoms with Crippen molar-refractivity contribution >= 4 is 0 Å². The summed E-state index contributed by atoms with van der Waals surface area (Å²) in [4.78, 5) is 0. The third-order valence-corrected chi connectivity index (χ3v) is 4.70. The first-order chi connectivity index (χ1) is 9.20. The van der Waals surface area contributed by atoms with E-state index >= 15 is 0 Å². The Morgan fingerprint density at radius 3 is 2.47 bits per heavy atom. The Kier molecular flexibility index (Phi) is 3.85. The van der Waals surface area contributed by atoms with Crippen LogP contribution in [0.3, 0.4) is 0 Å². The topological polar surface area (TPSA) is 38.0 Å². The maximum absolute atomic E-state index is 13.2. The fourth-order valence-corrected chi connectivity index (χ4v) is 3.41. The standard InChI is InChI=1S/C16H23FN2/c17-13-3-1-2-11(8-13)12-9-16(10-12)19-15-6-4-14(18)5-7-15/h1-3,8,12,14-16,19H,4-7,9-10,18H2. The van der Waals surface area contributed by atoms with Crippen LogP contribution >= 0.6 is 0 Å².